The Labute approximate surface area is 127 Å². The van der Waals surface area contributed by atoms with Gasteiger partial charge in [-0.2, -0.15) is 9.50 Å². The van der Waals surface area contributed by atoms with Crippen LogP contribution in [0.3, 0.4) is 0 Å². The summed E-state index contributed by atoms with van der Waals surface area (Å²) in [4.78, 5) is 8.72. The second-order valence-corrected chi connectivity index (χ2v) is 5.34. The first kappa shape index (κ1) is 12.8. The lowest BCUT2D eigenvalue weighted by atomic mass is 10.1. The van der Waals surface area contributed by atoms with Crippen molar-refractivity contribution >= 4 is 28.1 Å². The topological polar surface area (TPSA) is 55.1 Å². The van der Waals surface area contributed by atoms with Crippen LogP contribution < -0.4 is 5.32 Å². The van der Waals surface area contributed by atoms with Crippen molar-refractivity contribution in [2.75, 3.05) is 5.32 Å². The quantitative estimate of drug-likeness (QED) is 0.612. The third kappa shape index (κ3) is 2.16. The molecule has 2 aromatic heterocycles. The first-order chi connectivity index (χ1) is 10.7. The molecule has 0 fully saturated rings. The summed E-state index contributed by atoms with van der Waals surface area (Å²) in [5, 5.41) is 10.2. The Morgan fingerprint density at radius 2 is 1.73 bits per heavy atom. The summed E-state index contributed by atoms with van der Waals surface area (Å²) in [6, 6.07) is 16.6. The van der Waals surface area contributed by atoms with Gasteiger partial charge in [0.1, 0.15) is 11.6 Å². The minimum Gasteiger partial charge on any atom is -0.340 e. The van der Waals surface area contributed by atoms with Crippen LogP contribution in [0, 0.1) is 13.8 Å². The SMILES string of the molecule is Cc1cc(Nc2ccc3ccccc3c2)n2nc(C)nc2n1. The number of hydrogen-bond acceptors (Lipinski definition) is 4. The second kappa shape index (κ2) is 4.80. The minimum absolute atomic E-state index is 0.612. The smallest absolute Gasteiger partial charge is 0.254 e. The summed E-state index contributed by atoms with van der Waals surface area (Å²) in [5.41, 5.74) is 1.92. The highest BCUT2D eigenvalue weighted by Gasteiger charge is 2.08. The highest BCUT2D eigenvalue weighted by molar-refractivity contribution is 5.86. The van der Waals surface area contributed by atoms with Crippen LogP contribution in [0.2, 0.25) is 0 Å². The lowest BCUT2D eigenvalue weighted by Gasteiger charge is -2.09. The first-order valence-corrected chi connectivity index (χ1v) is 7.16. The Morgan fingerprint density at radius 1 is 0.909 bits per heavy atom. The monoisotopic (exact) mass is 289 g/mol. The van der Waals surface area contributed by atoms with Gasteiger partial charge in [0.15, 0.2) is 0 Å². The average Bonchev–Trinajstić information content (AvgIpc) is 2.87. The molecule has 2 aromatic carbocycles. The fourth-order valence-corrected chi connectivity index (χ4v) is 2.59. The van der Waals surface area contributed by atoms with E-state index in [1.807, 2.05) is 32.0 Å². The molecular weight excluding hydrogens is 274 g/mol. The number of fused-ring (bicyclic) bond motifs is 2. The molecule has 2 heterocycles. The molecule has 0 saturated carbocycles. The van der Waals surface area contributed by atoms with E-state index in [9.17, 15) is 0 Å². The molecule has 0 aliphatic heterocycles. The number of anilines is 2. The van der Waals surface area contributed by atoms with Crippen molar-refractivity contribution in [3.63, 3.8) is 0 Å². The predicted octanol–water partition coefficient (Wildman–Crippen LogP) is 3.64. The molecule has 0 saturated heterocycles. The molecule has 0 unspecified atom stereocenters. The number of aryl methyl sites for hydroxylation is 2. The molecule has 0 spiro atoms. The van der Waals surface area contributed by atoms with Crippen LogP contribution in [0.25, 0.3) is 16.6 Å². The molecule has 1 N–H and O–H groups in total. The molecule has 22 heavy (non-hydrogen) atoms. The zero-order chi connectivity index (χ0) is 15.1. The molecule has 4 rings (SSSR count). The number of benzene rings is 2. The normalized spacial score (nSPS) is 11.2. The fourth-order valence-electron chi connectivity index (χ4n) is 2.59. The highest BCUT2D eigenvalue weighted by Crippen LogP contribution is 2.22. The maximum Gasteiger partial charge on any atom is 0.254 e. The van der Waals surface area contributed by atoms with E-state index in [0.29, 0.717) is 11.6 Å². The highest BCUT2D eigenvalue weighted by atomic mass is 15.4. The van der Waals surface area contributed by atoms with Crippen LogP contribution >= 0.6 is 0 Å². The summed E-state index contributed by atoms with van der Waals surface area (Å²) in [6.45, 7) is 3.82. The maximum atomic E-state index is 4.40. The third-order valence-corrected chi connectivity index (χ3v) is 3.57. The maximum absolute atomic E-state index is 4.40. The fraction of sp³-hybridized carbons (Fsp3) is 0.118. The Morgan fingerprint density at radius 3 is 2.59 bits per heavy atom. The predicted molar refractivity (Wildman–Crippen MR) is 87.5 cm³/mol. The van der Waals surface area contributed by atoms with Gasteiger partial charge in [0.25, 0.3) is 5.78 Å². The molecule has 0 amide bonds. The van der Waals surface area contributed by atoms with E-state index >= 15 is 0 Å². The molecule has 108 valence electrons. The summed E-state index contributed by atoms with van der Waals surface area (Å²) in [7, 11) is 0. The molecule has 0 aliphatic carbocycles. The van der Waals surface area contributed by atoms with Crippen LogP contribution in [-0.4, -0.2) is 19.6 Å². The Kier molecular flexibility index (Phi) is 2.79. The van der Waals surface area contributed by atoms with Crippen molar-refractivity contribution in [2.45, 2.75) is 13.8 Å². The number of nitrogens with one attached hydrogen (secondary N) is 1. The van der Waals surface area contributed by atoms with Crippen LogP contribution in [0.4, 0.5) is 11.5 Å². The van der Waals surface area contributed by atoms with E-state index in [0.717, 1.165) is 17.2 Å². The van der Waals surface area contributed by atoms with Gasteiger partial charge in [-0.05, 0) is 36.8 Å². The van der Waals surface area contributed by atoms with E-state index in [4.69, 9.17) is 0 Å². The first-order valence-electron chi connectivity index (χ1n) is 7.16. The van der Waals surface area contributed by atoms with Gasteiger partial charge in [0.2, 0.25) is 0 Å². The molecular formula is C17H15N5. The van der Waals surface area contributed by atoms with E-state index in [1.54, 1.807) is 4.52 Å². The molecule has 0 radical (unpaired) electrons. The zero-order valence-electron chi connectivity index (χ0n) is 12.4. The standard InChI is InChI=1S/C17H15N5/c1-11-9-16(22-17(18-11)19-12(2)21-22)20-15-8-7-13-5-3-4-6-14(13)10-15/h3-10,20H,1-2H3. The van der Waals surface area contributed by atoms with Crippen molar-refractivity contribution < 1.29 is 0 Å². The third-order valence-electron chi connectivity index (χ3n) is 3.57. The second-order valence-electron chi connectivity index (χ2n) is 5.34. The van der Waals surface area contributed by atoms with Crippen molar-refractivity contribution in [2.24, 2.45) is 0 Å². The minimum atomic E-state index is 0.612. The number of rotatable bonds is 2. The van der Waals surface area contributed by atoms with Gasteiger partial charge in [0.05, 0.1) is 0 Å². The van der Waals surface area contributed by atoms with Crippen molar-refractivity contribution in [3.05, 3.63) is 60.0 Å². The van der Waals surface area contributed by atoms with Gasteiger partial charge in [-0.3, -0.25) is 0 Å². The zero-order valence-corrected chi connectivity index (χ0v) is 12.4. The van der Waals surface area contributed by atoms with E-state index in [-0.39, 0.29) is 0 Å². The summed E-state index contributed by atoms with van der Waals surface area (Å²) >= 11 is 0. The van der Waals surface area contributed by atoms with E-state index < -0.39 is 0 Å². The summed E-state index contributed by atoms with van der Waals surface area (Å²) < 4.78 is 1.73. The Hall–Kier alpha value is -2.95. The van der Waals surface area contributed by atoms with Gasteiger partial charge in [-0.15, -0.1) is 5.10 Å². The summed E-state index contributed by atoms with van der Waals surface area (Å²) in [6.07, 6.45) is 0. The van der Waals surface area contributed by atoms with E-state index in [2.05, 4.69) is 50.7 Å². The Balaban J connectivity index is 1.81. The molecule has 5 heteroatoms. The van der Waals surface area contributed by atoms with Crippen LogP contribution in [0.1, 0.15) is 11.5 Å². The number of hydrogen-bond donors (Lipinski definition) is 1. The molecule has 0 aliphatic rings. The molecule has 0 atom stereocenters. The van der Waals surface area contributed by atoms with Gasteiger partial charge in [0, 0.05) is 17.4 Å². The summed E-state index contributed by atoms with van der Waals surface area (Å²) in [5.74, 6) is 2.18. The largest absolute Gasteiger partial charge is 0.340 e. The number of nitrogens with zero attached hydrogens (tertiary/aromatic N) is 4. The van der Waals surface area contributed by atoms with Crippen LogP contribution in [-0.2, 0) is 0 Å². The number of aromatic nitrogens is 4. The van der Waals surface area contributed by atoms with Crippen molar-refractivity contribution in [1.82, 2.24) is 19.6 Å². The van der Waals surface area contributed by atoms with Crippen molar-refractivity contribution in [3.8, 4) is 0 Å². The lowest BCUT2D eigenvalue weighted by Crippen LogP contribution is -2.02. The van der Waals surface area contributed by atoms with Crippen LogP contribution in [0.15, 0.2) is 48.5 Å². The van der Waals surface area contributed by atoms with Gasteiger partial charge in [-0.25, -0.2) is 4.98 Å². The van der Waals surface area contributed by atoms with Gasteiger partial charge in [-0.1, -0.05) is 30.3 Å². The lowest BCUT2D eigenvalue weighted by molar-refractivity contribution is 0.917. The Bertz CT molecular complexity index is 987. The van der Waals surface area contributed by atoms with Gasteiger partial charge >= 0.3 is 0 Å². The molecule has 0 bridgehead atoms. The molecule has 4 aromatic rings. The van der Waals surface area contributed by atoms with E-state index in [1.165, 1.54) is 10.8 Å². The molecule has 5 nitrogen and oxygen atoms in total. The average molecular weight is 289 g/mol. The van der Waals surface area contributed by atoms with Crippen LogP contribution in [0.5, 0.6) is 0 Å². The van der Waals surface area contributed by atoms with Gasteiger partial charge < -0.3 is 5.32 Å². The van der Waals surface area contributed by atoms with Crippen molar-refractivity contribution in [1.29, 1.82) is 0 Å².